The van der Waals surface area contributed by atoms with Crippen LogP contribution in [0.5, 0.6) is 0 Å². The topological polar surface area (TPSA) is 66.6 Å². The van der Waals surface area contributed by atoms with E-state index in [0.717, 1.165) is 41.0 Å². The van der Waals surface area contributed by atoms with Gasteiger partial charge < -0.3 is 0 Å². The van der Waals surface area contributed by atoms with Crippen molar-refractivity contribution in [3.63, 3.8) is 0 Å². The molecule has 5 heteroatoms. The first-order chi connectivity index (χ1) is 11.6. The molecule has 0 saturated heterocycles. The van der Waals surface area contributed by atoms with E-state index < -0.39 is 0 Å². The normalized spacial score (nSPS) is 10.8. The Labute approximate surface area is 141 Å². The van der Waals surface area contributed by atoms with Gasteiger partial charge in [0.25, 0.3) is 0 Å². The summed E-state index contributed by atoms with van der Waals surface area (Å²) in [4.78, 5) is 7.85. The minimum absolute atomic E-state index is 0.643. The van der Waals surface area contributed by atoms with Crippen molar-refractivity contribution in [1.82, 2.24) is 9.55 Å². The fourth-order valence-corrected chi connectivity index (χ4v) is 3.04. The second kappa shape index (κ2) is 6.38. The smallest absolute Gasteiger partial charge is 0.114 e. The number of benzene rings is 2. The number of hydrogen-bond acceptors (Lipinski definition) is 2. The molecule has 0 saturated carbocycles. The molecule has 0 atom stereocenters. The van der Waals surface area contributed by atoms with Gasteiger partial charge in [-0.1, -0.05) is 31.1 Å². The molecule has 0 aliphatic carbocycles. The first-order valence-electron chi connectivity index (χ1n) is 8.26. The van der Waals surface area contributed by atoms with Crippen molar-refractivity contribution in [3.8, 4) is 5.69 Å². The third-order valence-electron chi connectivity index (χ3n) is 4.58. The van der Waals surface area contributed by atoms with Crippen LogP contribution in [0, 0.1) is 13.8 Å². The average Bonchev–Trinajstić information content (AvgIpc) is 2.97. The SMILES string of the molecule is CCc1ccc(-n2c(CC)nc3c(C)c(C)ccc32)c(N=[N+]=[N-])c1. The van der Waals surface area contributed by atoms with Crippen LogP contribution in [0.4, 0.5) is 5.69 Å². The van der Waals surface area contributed by atoms with Crippen molar-refractivity contribution < 1.29 is 0 Å². The molecule has 0 amide bonds. The molecule has 3 aromatic rings. The molecule has 2 aromatic carbocycles. The minimum atomic E-state index is 0.643. The van der Waals surface area contributed by atoms with Gasteiger partial charge in [0, 0.05) is 11.3 Å². The van der Waals surface area contributed by atoms with Gasteiger partial charge in [0.05, 0.1) is 22.4 Å². The van der Waals surface area contributed by atoms with Crippen molar-refractivity contribution in [2.24, 2.45) is 5.11 Å². The Morgan fingerprint density at radius 1 is 1.12 bits per heavy atom. The van der Waals surface area contributed by atoms with Crippen molar-refractivity contribution in [2.45, 2.75) is 40.5 Å². The fraction of sp³-hybridized carbons (Fsp3) is 0.316. The predicted octanol–water partition coefficient (Wildman–Crippen LogP) is 5.71. The van der Waals surface area contributed by atoms with Crippen molar-refractivity contribution in [3.05, 3.63) is 63.3 Å². The van der Waals surface area contributed by atoms with Crippen molar-refractivity contribution in [1.29, 1.82) is 0 Å². The zero-order valence-corrected chi connectivity index (χ0v) is 14.5. The van der Waals surface area contributed by atoms with Gasteiger partial charge in [0.1, 0.15) is 5.82 Å². The van der Waals surface area contributed by atoms with Crippen LogP contribution in [0.2, 0.25) is 0 Å². The van der Waals surface area contributed by atoms with E-state index in [1.54, 1.807) is 0 Å². The molecule has 0 aliphatic heterocycles. The first-order valence-corrected chi connectivity index (χ1v) is 8.26. The lowest BCUT2D eigenvalue weighted by molar-refractivity contribution is 0.906. The third kappa shape index (κ3) is 2.53. The van der Waals surface area contributed by atoms with Crippen LogP contribution in [0.25, 0.3) is 27.2 Å². The summed E-state index contributed by atoms with van der Waals surface area (Å²) < 4.78 is 2.12. The molecule has 0 radical (unpaired) electrons. The average molecular weight is 319 g/mol. The maximum absolute atomic E-state index is 8.96. The molecule has 0 unspecified atom stereocenters. The monoisotopic (exact) mass is 319 g/mol. The molecule has 0 N–H and O–H groups in total. The Morgan fingerprint density at radius 2 is 1.92 bits per heavy atom. The summed E-state index contributed by atoms with van der Waals surface area (Å²) >= 11 is 0. The highest BCUT2D eigenvalue weighted by molar-refractivity contribution is 5.83. The first kappa shape index (κ1) is 16.1. The van der Waals surface area contributed by atoms with E-state index in [-0.39, 0.29) is 0 Å². The molecular formula is C19H21N5. The highest BCUT2D eigenvalue weighted by Gasteiger charge is 2.16. The molecule has 5 nitrogen and oxygen atoms in total. The Balaban J connectivity index is 2.37. The summed E-state index contributed by atoms with van der Waals surface area (Å²) in [6, 6.07) is 10.3. The van der Waals surface area contributed by atoms with Gasteiger partial charge in [-0.2, -0.15) is 0 Å². The Bertz CT molecular complexity index is 962. The molecule has 1 heterocycles. The van der Waals surface area contributed by atoms with E-state index in [1.807, 2.05) is 12.1 Å². The van der Waals surface area contributed by atoms with Crippen LogP contribution in [0.1, 0.15) is 36.4 Å². The quantitative estimate of drug-likeness (QED) is 0.345. The second-order valence-corrected chi connectivity index (χ2v) is 5.96. The van der Waals surface area contributed by atoms with Gasteiger partial charge in [-0.05, 0) is 60.7 Å². The predicted molar refractivity (Wildman–Crippen MR) is 98.1 cm³/mol. The van der Waals surface area contributed by atoms with E-state index in [4.69, 9.17) is 10.5 Å². The highest BCUT2D eigenvalue weighted by Crippen LogP contribution is 2.32. The maximum atomic E-state index is 8.96. The van der Waals surface area contributed by atoms with E-state index in [9.17, 15) is 0 Å². The maximum Gasteiger partial charge on any atom is 0.114 e. The standard InChI is InChI=1S/C19H21N5/c1-5-14-8-10-16(15(11-14)22-23-20)24-17-9-7-12(3)13(4)19(17)21-18(24)6-2/h7-11H,5-6H2,1-4H3. The summed E-state index contributed by atoms with van der Waals surface area (Å²) in [5.41, 5.74) is 16.1. The van der Waals surface area contributed by atoms with Gasteiger partial charge in [-0.3, -0.25) is 4.57 Å². The van der Waals surface area contributed by atoms with E-state index in [2.05, 4.69) is 60.5 Å². The highest BCUT2D eigenvalue weighted by atomic mass is 15.2. The zero-order chi connectivity index (χ0) is 17.3. The molecular weight excluding hydrogens is 298 g/mol. The molecule has 0 spiro atoms. The zero-order valence-electron chi connectivity index (χ0n) is 14.5. The summed E-state index contributed by atoms with van der Waals surface area (Å²) in [5.74, 6) is 0.970. The number of aromatic nitrogens is 2. The molecule has 24 heavy (non-hydrogen) atoms. The van der Waals surface area contributed by atoms with E-state index in [0.29, 0.717) is 5.69 Å². The molecule has 3 rings (SSSR count). The Kier molecular flexibility index (Phi) is 4.28. The molecule has 0 bridgehead atoms. The van der Waals surface area contributed by atoms with Crippen molar-refractivity contribution >= 4 is 16.7 Å². The molecule has 0 fully saturated rings. The van der Waals surface area contributed by atoms with Crippen LogP contribution in [-0.4, -0.2) is 9.55 Å². The second-order valence-electron chi connectivity index (χ2n) is 5.96. The van der Waals surface area contributed by atoms with Crippen LogP contribution < -0.4 is 0 Å². The lowest BCUT2D eigenvalue weighted by Gasteiger charge is -2.13. The van der Waals surface area contributed by atoms with Crippen LogP contribution in [0.3, 0.4) is 0 Å². The van der Waals surface area contributed by atoms with Gasteiger partial charge in [-0.15, -0.1) is 0 Å². The third-order valence-corrected chi connectivity index (χ3v) is 4.58. The van der Waals surface area contributed by atoms with E-state index >= 15 is 0 Å². The molecule has 122 valence electrons. The lowest BCUT2D eigenvalue weighted by Crippen LogP contribution is -2.01. The summed E-state index contributed by atoms with van der Waals surface area (Å²) in [6.07, 6.45) is 1.70. The van der Waals surface area contributed by atoms with Gasteiger partial charge in [0.15, 0.2) is 0 Å². The fourth-order valence-electron chi connectivity index (χ4n) is 3.04. The summed E-state index contributed by atoms with van der Waals surface area (Å²) in [5, 5.41) is 3.93. The largest absolute Gasteiger partial charge is 0.296 e. The summed E-state index contributed by atoms with van der Waals surface area (Å²) in [6.45, 7) is 8.38. The number of hydrogen-bond donors (Lipinski definition) is 0. The van der Waals surface area contributed by atoms with Gasteiger partial charge in [-0.25, -0.2) is 4.98 Å². The number of imidazole rings is 1. The van der Waals surface area contributed by atoms with Crippen LogP contribution in [-0.2, 0) is 12.8 Å². The van der Waals surface area contributed by atoms with Crippen LogP contribution >= 0.6 is 0 Å². The van der Waals surface area contributed by atoms with Gasteiger partial charge >= 0.3 is 0 Å². The lowest BCUT2D eigenvalue weighted by atomic mass is 10.1. The van der Waals surface area contributed by atoms with Gasteiger partial charge in [0.2, 0.25) is 0 Å². The van der Waals surface area contributed by atoms with E-state index in [1.165, 1.54) is 11.1 Å². The number of fused-ring (bicyclic) bond motifs is 1. The Hall–Kier alpha value is -2.78. The Morgan fingerprint density at radius 3 is 2.58 bits per heavy atom. The molecule has 1 aromatic heterocycles. The number of nitrogens with zero attached hydrogens (tertiary/aromatic N) is 5. The van der Waals surface area contributed by atoms with Crippen LogP contribution in [0.15, 0.2) is 35.4 Å². The summed E-state index contributed by atoms with van der Waals surface area (Å²) in [7, 11) is 0. The molecule has 0 aliphatic rings. The number of rotatable bonds is 4. The minimum Gasteiger partial charge on any atom is -0.296 e. The number of aryl methyl sites for hydroxylation is 4. The number of azide groups is 1. The van der Waals surface area contributed by atoms with Crippen molar-refractivity contribution in [2.75, 3.05) is 0 Å².